The minimum absolute atomic E-state index is 0.0248. The molecule has 1 aliphatic carbocycles. The highest BCUT2D eigenvalue weighted by Crippen LogP contribution is 2.31. The SMILES string of the molecule is Cc1c(Cl)cccc1NC(=O)C1CCC(C(=O)NCCN(C)C)CC1. The zero-order chi connectivity index (χ0) is 18.4. The maximum Gasteiger partial charge on any atom is 0.227 e. The van der Waals surface area contributed by atoms with Crippen LogP contribution in [0.25, 0.3) is 0 Å². The molecule has 5 nitrogen and oxygen atoms in total. The highest BCUT2D eigenvalue weighted by Gasteiger charge is 2.30. The summed E-state index contributed by atoms with van der Waals surface area (Å²) in [5.74, 6) is 0.131. The molecule has 0 aliphatic heterocycles. The number of anilines is 1. The van der Waals surface area contributed by atoms with Crippen molar-refractivity contribution < 1.29 is 9.59 Å². The molecular weight excluding hydrogens is 338 g/mol. The van der Waals surface area contributed by atoms with Gasteiger partial charge in [-0.15, -0.1) is 0 Å². The van der Waals surface area contributed by atoms with Crippen LogP contribution in [0.1, 0.15) is 31.2 Å². The van der Waals surface area contributed by atoms with E-state index in [0.29, 0.717) is 11.6 Å². The van der Waals surface area contributed by atoms with Gasteiger partial charge in [-0.25, -0.2) is 0 Å². The fraction of sp³-hybridized carbons (Fsp3) is 0.579. The molecule has 2 rings (SSSR count). The number of nitrogens with one attached hydrogen (secondary N) is 2. The first-order valence-electron chi connectivity index (χ1n) is 8.87. The fourth-order valence-corrected chi connectivity index (χ4v) is 3.32. The molecule has 0 aromatic heterocycles. The van der Waals surface area contributed by atoms with E-state index in [1.165, 1.54) is 0 Å². The second kappa shape index (κ2) is 9.20. The maximum atomic E-state index is 12.5. The van der Waals surface area contributed by atoms with Crippen molar-refractivity contribution in [2.24, 2.45) is 11.8 Å². The number of hydrogen-bond acceptors (Lipinski definition) is 3. The van der Waals surface area contributed by atoms with Crippen molar-refractivity contribution in [2.45, 2.75) is 32.6 Å². The highest BCUT2D eigenvalue weighted by molar-refractivity contribution is 6.31. The third-order valence-corrected chi connectivity index (χ3v) is 5.26. The normalized spacial score (nSPS) is 20.4. The van der Waals surface area contributed by atoms with Crippen LogP contribution in [0.2, 0.25) is 5.02 Å². The van der Waals surface area contributed by atoms with Crippen LogP contribution in [0.4, 0.5) is 5.69 Å². The van der Waals surface area contributed by atoms with Crippen molar-refractivity contribution in [2.75, 3.05) is 32.5 Å². The van der Waals surface area contributed by atoms with Crippen molar-refractivity contribution in [3.8, 4) is 0 Å². The number of carbonyl (C=O) groups excluding carboxylic acids is 2. The molecule has 1 aromatic carbocycles. The zero-order valence-electron chi connectivity index (χ0n) is 15.3. The Hall–Kier alpha value is -1.59. The standard InChI is InChI=1S/C19H28ClN3O2/c1-13-16(20)5-4-6-17(13)22-19(25)15-9-7-14(8-10-15)18(24)21-11-12-23(2)3/h4-6,14-15H,7-12H2,1-3H3,(H,21,24)(H,22,25). The van der Waals surface area contributed by atoms with Crippen LogP contribution in [-0.4, -0.2) is 43.9 Å². The molecule has 25 heavy (non-hydrogen) atoms. The molecule has 0 atom stereocenters. The molecule has 0 unspecified atom stereocenters. The summed E-state index contributed by atoms with van der Waals surface area (Å²) in [6.45, 7) is 3.40. The average molecular weight is 366 g/mol. The van der Waals surface area contributed by atoms with Gasteiger partial charge in [-0.3, -0.25) is 9.59 Å². The molecule has 2 amide bonds. The van der Waals surface area contributed by atoms with Crippen LogP contribution >= 0.6 is 11.6 Å². The molecule has 138 valence electrons. The Balaban J connectivity index is 1.80. The minimum atomic E-state index is -0.0378. The summed E-state index contributed by atoms with van der Waals surface area (Å²) in [7, 11) is 3.97. The number of likely N-dealkylation sites (N-methyl/N-ethyl adjacent to an activating group) is 1. The van der Waals surface area contributed by atoms with E-state index >= 15 is 0 Å². The third-order valence-electron chi connectivity index (χ3n) is 4.85. The number of hydrogen-bond donors (Lipinski definition) is 2. The lowest BCUT2D eigenvalue weighted by molar-refractivity contribution is -0.128. The summed E-state index contributed by atoms with van der Waals surface area (Å²) in [5, 5.41) is 6.62. The van der Waals surface area contributed by atoms with E-state index in [1.54, 1.807) is 0 Å². The van der Waals surface area contributed by atoms with Crippen LogP contribution in [0.15, 0.2) is 18.2 Å². The predicted molar refractivity (Wildman–Crippen MR) is 102 cm³/mol. The average Bonchev–Trinajstić information content (AvgIpc) is 2.58. The molecule has 0 spiro atoms. The summed E-state index contributed by atoms with van der Waals surface area (Å²) in [5.41, 5.74) is 1.65. The second-order valence-electron chi connectivity index (χ2n) is 7.04. The number of nitrogens with zero attached hydrogens (tertiary/aromatic N) is 1. The number of rotatable bonds is 6. The Bertz CT molecular complexity index is 611. The zero-order valence-corrected chi connectivity index (χ0v) is 16.0. The van der Waals surface area contributed by atoms with Crippen LogP contribution in [0.3, 0.4) is 0 Å². The van der Waals surface area contributed by atoms with Gasteiger partial charge in [0, 0.05) is 35.6 Å². The van der Waals surface area contributed by atoms with E-state index in [4.69, 9.17) is 11.6 Å². The van der Waals surface area contributed by atoms with Crippen LogP contribution < -0.4 is 10.6 Å². The van der Waals surface area contributed by atoms with Crippen molar-refractivity contribution in [3.05, 3.63) is 28.8 Å². The molecule has 2 N–H and O–H groups in total. The molecule has 1 fully saturated rings. The fourth-order valence-electron chi connectivity index (χ4n) is 3.14. The Kier molecular flexibility index (Phi) is 7.26. The first-order valence-corrected chi connectivity index (χ1v) is 9.24. The number of carbonyl (C=O) groups is 2. The lowest BCUT2D eigenvalue weighted by Gasteiger charge is -2.27. The lowest BCUT2D eigenvalue weighted by Crippen LogP contribution is -2.38. The maximum absolute atomic E-state index is 12.5. The van der Waals surface area contributed by atoms with Gasteiger partial charge < -0.3 is 15.5 Å². The minimum Gasteiger partial charge on any atom is -0.355 e. The largest absolute Gasteiger partial charge is 0.355 e. The number of amides is 2. The van der Waals surface area contributed by atoms with Crippen molar-refractivity contribution in [1.29, 1.82) is 0 Å². The van der Waals surface area contributed by atoms with E-state index in [0.717, 1.165) is 43.5 Å². The Labute approximate surface area is 155 Å². The van der Waals surface area contributed by atoms with Gasteiger partial charge in [-0.2, -0.15) is 0 Å². The molecule has 1 aromatic rings. The molecule has 0 radical (unpaired) electrons. The third kappa shape index (κ3) is 5.72. The van der Waals surface area contributed by atoms with Crippen LogP contribution in [-0.2, 0) is 9.59 Å². The number of benzene rings is 1. The molecule has 0 saturated heterocycles. The summed E-state index contributed by atoms with van der Waals surface area (Å²) < 4.78 is 0. The molecule has 1 saturated carbocycles. The van der Waals surface area contributed by atoms with Gasteiger partial charge in [0.05, 0.1) is 0 Å². The molecule has 1 aliphatic rings. The van der Waals surface area contributed by atoms with Gasteiger partial charge in [0.25, 0.3) is 0 Å². The van der Waals surface area contributed by atoms with Gasteiger partial charge >= 0.3 is 0 Å². The van der Waals surface area contributed by atoms with Crippen molar-refractivity contribution in [3.63, 3.8) is 0 Å². The van der Waals surface area contributed by atoms with Gasteiger partial charge in [0.15, 0.2) is 0 Å². The van der Waals surface area contributed by atoms with Crippen LogP contribution in [0, 0.1) is 18.8 Å². The van der Waals surface area contributed by atoms with Crippen molar-refractivity contribution in [1.82, 2.24) is 10.2 Å². The Morgan fingerprint density at radius 1 is 1.12 bits per heavy atom. The van der Waals surface area contributed by atoms with Gasteiger partial charge in [0.2, 0.25) is 11.8 Å². The van der Waals surface area contributed by atoms with Crippen molar-refractivity contribution >= 4 is 29.1 Å². The highest BCUT2D eigenvalue weighted by atomic mass is 35.5. The van der Waals surface area contributed by atoms with Gasteiger partial charge in [-0.05, 0) is 64.4 Å². The smallest absolute Gasteiger partial charge is 0.227 e. The Morgan fingerprint density at radius 3 is 2.32 bits per heavy atom. The molecule has 6 heteroatoms. The van der Waals surface area contributed by atoms with E-state index in [-0.39, 0.29) is 23.7 Å². The first kappa shape index (κ1) is 19.7. The van der Waals surface area contributed by atoms with Crippen LogP contribution in [0.5, 0.6) is 0 Å². The van der Waals surface area contributed by atoms with Gasteiger partial charge in [-0.1, -0.05) is 17.7 Å². The van der Waals surface area contributed by atoms with E-state index in [2.05, 4.69) is 10.6 Å². The quantitative estimate of drug-likeness (QED) is 0.814. The van der Waals surface area contributed by atoms with E-state index in [9.17, 15) is 9.59 Å². The van der Waals surface area contributed by atoms with E-state index < -0.39 is 0 Å². The lowest BCUT2D eigenvalue weighted by atomic mass is 9.81. The topological polar surface area (TPSA) is 61.4 Å². The first-order chi connectivity index (χ1) is 11.9. The predicted octanol–water partition coefficient (Wildman–Crippen LogP) is 3.07. The van der Waals surface area contributed by atoms with Gasteiger partial charge in [0.1, 0.15) is 0 Å². The number of halogens is 1. The summed E-state index contributed by atoms with van der Waals surface area (Å²) >= 11 is 6.10. The Morgan fingerprint density at radius 2 is 1.72 bits per heavy atom. The second-order valence-corrected chi connectivity index (χ2v) is 7.45. The molecule has 0 bridgehead atoms. The van der Waals surface area contributed by atoms with E-state index in [1.807, 2.05) is 44.1 Å². The summed E-state index contributed by atoms with van der Waals surface area (Å²) in [4.78, 5) is 26.7. The molecule has 0 heterocycles. The molecular formula is C19H28ClN3O2. The summed E-state index contributed by atoms with van der Waals surface area (Å²) in [6.07, 6.45) is 3.02. The monoisotopic (exact) mass is 365 g/mol. The summed E-state index contributed by atoms with van der Waals surface area (Å²) in [6, 6.07) is 5.51.